The van der Waals surface area contributed by atoms with Gasteiger partial charge in [0.2, 0.25) is 5.95 Å². The first-order valence-electron chi connectivity index (χ1n) is 8.81. The van der Waals surface area contributed by atoms with Crippen LogP contribution in [0.2, 0.25) is 0 Å². The number of halogens is 1. The van der Waals surface area contributed by atoms with Crippen molar-refractivity contribution >= 4 is 12.1 Å². The van der Waals surface area contributed by atoms with Gasteiger partial charge in [-0.15, -0.1) is 0 Å². The summed E-state index contributed by atoms with van der Waals surface area (Å²) in [7, 11) is 1.49. The minimum atomic E-state index is -0.545. The summed E-state index contributed by atoms with van der Waals surface area (Å²) in [5.74, 6) is 0.234. The molecule has 1 aromatic carbocycles. The first kappa shape index (κ1) is 19.3. The number of hydrogen-bond donors (Lipinski definition) is 1. The van der Waals surface area contributed by atoms with E-state index in [2.05, 4.69) is 22.5 Å². The van der Waals surface area contributed by atoms with E-state index in [-0.39, 0.29) is 17.9 Å². The molecular formula is C20H21FN4O3. The molecule has 2 aromatic heterocycles. The van der Waals surface area contributed by atoms with Crippen molar-refractivity contribution in [2.75, 3.05) is 0 Å². The van der Waals surface area contributed by atoms with Gasteiger partial charge in [-0.1, -0.05) is 19.1 Å². The van der Waals surface area contributed by atoms with Crippen LogP contribution < -0.4 is 10.2 Å². The fraction of sp³-hybridized carbons (Fsp3) is 0.250. The molecule has 0 saturated heterocycles. The zero-order chi connectivity index (χ0) is 20.1. The van der Waals surface area contributed by atoms with Crippen molar-refractivity contribution in [1.29, 1.82) is 0 Å². The van der Waals surface area contributed by atoms with Crippen molar-refractivity contribution in [3.63, 3.8) is 0 Å². The Balaban J connectivity index is 1.55. The summed E-state index contributed by atoms with van der Waals surface area (Å²) in [6.45, 7) is 3.94. The lowest BCUT2D eigenvalue weighted by atomic mass is 10.2. The number of carbonyl (C=O) groups excluding carboxylic acids is 1. The average Bonchev–Trinajstić information content (AvgIpc) is 3.26. The number of nitrogens with zero attached hydrogens (tertiary/aromatic N) is 3. The molecule has 0 saturated carbocycles. The fourth-order valence-corrected chi connectivity index (χ4v) is 2.56. The van der Waals surface area contributed by atoms with Gasteiger partial charge < -0.3 is 9.15 Å². The zero-order valence-electron chi connectivity index (χ0n) is 15.9. The summed E-state index contributed by atoms with van der Waals surface area (Å²) >= 11 is 0. The van der Waals surface area contributed by atoms with E-state index in [1.807, 2.05) is 24.3 Å². The van der Waals surface area contributed by atoms with E-state index in [0.29, 0.717) is 11.5 Å². The first-order valence-corrected chi connectivity index (χ1v) is 8.81. The van der Waals surface area contributed by atoms with Gasteiger partial charge >= 0.3 is 5.91 Å². The summed E-state index contributed by atoms with van der Waals surface area (Å²) in [6, 6.07) is 11.0. The van der Waals surface area contributed by atoms with Crippen LogP contribution in [0.3, 0.4) is 0 Å². The number of carbonyl (C=O) groups is 1. The molecule has 3 rings (SSSR count). The Bertz CT molecular complexity index is 990. The molecule has 0 bridgehead atoms. The quantitative estimate of drug-likeness (QED) is 0.500. The van der Waals surface area contributed by atoms with Crippen LogP contribution in [0.25, 0.3) is 0 Å². The number of benzene rings is 1. The molecule has 0 spiro atoms. The number of amides is 1. The lowest BCUT2D eigenvalue weighted by Crippen LogP contribution is -2.17. The van der Waals surface area contributed by atoms with Crippen LogP contribution in [0.15, 0.2) is 45.9 Å². The molecule has 3 aromatic rings. The smallest absolute Gasteiger partial charge is 0.307 e. The van der Waals surface area contributed by atoms with Crippen LogP contribution in [0.1, 0.15) is 40.1 Å². The molecule has 0 unspecified atom stereocenters. The van der Waals surface area contributed by atoms with E-state index in [9.17, 15) is 9.18 Å². The molecule has 0 aliphatic carbocycles. The highest BCUT2D eigenvalue weighted by atomic mass is 19.1. The Labute approximate surface area is 161 Å². The minimum absolute atomic E-state index is 0.0838. The molecule has 0 radical (unpaired) electrons. The molecule has 7 nitrogen and oxygen atoms in total. The Morgan fingerprint density at radius 2 is 2.07 bits per heavy atom. The third kappa shape index (κ3) is 4.46. The third-order valence-electron chi connectivity index (χ3n) is 4.15. The second kappa shape index (κ2) is 8.51. The van der Waals surface area contributed by atoms with Gasteiger partial charge in [0, 0.05) is 7.05 Å². The number of ether oxygens (including phenoxy) is 1. The van der Waals surface area contributed by atoms with Crippen LogP contribution in [0.5, 0.6) is 5.75 Å². The Kier molecular flexibility index (Phi) is 5.88. The molecule has 0 aliphatic heterocycles. The second-order valence-electron chi connectivity index (χ2n) is 6.16. The van der Waals surface area contributed by atoms with Gasteiger partial charge in [-0.2, -0.15) is 14.6 Å². The second-order valence-corrected chi connectivity index (χ2v) is 6.16. The number of aromatic nitrogens is 2. The number of hydrogen-bond acceptors (Lipinski definition) is 5. The maximum Gasteiger partial charge on any atom is 0.307 e. The van der Waals surface area contributed by atoms with Crippen molar-refractivity contribution in [3.8, 4) is 5.75 Å². The highest BCUT2D eigenvalue weighted by Gasteiger charge is 2.13. The predicted octanol–water partition coefficient (Wildman–Crippen LogP) is 3.37. The Morgan fingerprint density at radius 1 is 1.32 bits per heavy atom. The van der Waals surface area contributed by atoms with Gasteiger partial charge in [0.15, 0.2) is 5.76 Å². The van der Waals surface area contributed by atoms with Gasteiger partial charge in [0.25, 0.3) is 0 Å². The molecule has 146 valence electrons. The number of aryl methyl sites for hydroxylation is 3. The molecule has 1 amide bonds. The summed E-state index contributed by atoms with van der Waals surface area (Å²) < 4.78 is 26.0. The van der Waals surface area contributed by atoms with Crippen LogP contribution >= 0.6 is 0 Å². The topological polar surface area (TPSA) is 81.6 Å². The molecule has 2 heterocycles. The molecule has 28 heavy (non-hydrogen) atoms. The highest BCUT2D eigenvalue weighted by Crippen LogP contribution is 2.16. The van der Waals surface area contributed by atoms with Gasteiger partial charge in [0.05, 0.1) is 17.5 Å². The predicted molar refractivity (Wildman–Crippen MR) is 102 cm³/mol. The lowest BCUT2D eigenvalue weighted by Gasteiger charge is -2.05. The number of rotatable bonds is 7. The molecule has 8 heteroatoms. The number of hydrazone groups is 1. The van der Waals surface area contributed by atoms with Crippen molar-refractivity contribution in [3.05, 3.63) is 70.7 Å². The molecular weight excluding hydrogens is 363 g/mol. The van der Waals surface area contributed by atoms with Crippen LogP contribution in [0.4, 0.5) is 4.39 Å². The van der Waals surface area contributed by atoms with Gasteiger partial charge in [-0.05, 0) is 43.2 Å². The van der Waals surface area contributed by atoms with Crippen LogP contribution in [-0.2, 0) is 20.1 Å². The molecule has 0 fully saturated rings. The SMILES string of the molecule is CCc1ccc(OCc2ccc(C(=O)NN=Cc3c(C)nn(C)c3F)o2)cc1. The van der Waals surface area contributed by atoms with E-state index >= 15 is 0 Å². The van der Waals surface area contributed by atoms with Crippen LogP contribution in [0, 0.1) is 12.9 Å². The largest absolute Gasteiger partial charge is 0.486 e. The average molecular weight is 384 g/mol. The summed E-state index contributed by atoms with van der Waals surface area (Å²) in [5.41, 5.74) is 4.22. The zero-order valence-corrected chi connectivity index (χ0v) is 15.9. The molecule has 0 atom stereocenters. The van der Waals surface area contributed by atoms with E-state index in [1.165, 1.54) is 24.9 Å². The van der Waals surface area contributed by atoms with E-state index < -0.39 is 11.9 Å². The standard InChI is InChI=1S/C20H21FN4O3/c1-4-14-5-7-15(8-6-14)27-12-16-9-10-18(28-16)20(26)23-22-11-17-13(2)24-25(3)19(17)21/h5-11H,4,12H2,1-3H3,(H,23,26). The van der Waals surface area contributed by atoms with Crippen LogP contribution in [-0.4, -0.2) is 21.9 Å². The van der Waals surface area contributed by atoms with Crippen molar-refractivity contribution < 1.29 is 18.3 Å². The molecule has 1 N–H and O–H groups in total. The third-order valence-corrected chi connectivity index (χ3v) is 4.15. The van der Waals surface area contributed by atoms with E-state index in [4.69, 9.17) is 9.15 Å². The van der Waals surface area contributed by atoms with E-state index in [1.54, 1.807) is 13.0 Å². The Hall–Kier alpha value is -3.42. The minimum Gasteiger partial charge on any atom is -0.486 e. The monoisotopic (exact) mass is 384 g/mol. The van der Waals surface area contributed by atoms with Crippen molar-refractivity contribution in [1.82, 2.24) is 15.2 Å². The van der Waals surface area contributed by atoms with Crippen molar-refractivity contribution in [2.24, 2.45) is 12.1 Å². The first-order chi connectivity index (χ1) is 13.5. The maximum atomic E-state index is 13.8. The highest BCUT2D eigenvalue weighted by molar-refractivity contribution is 5.92. The van der Waals surface area contributed by atoms with Crippen molar-refractivity contribution in [2.45, 2.75) is 26.9 Å². The maximum absolute atomic E-state index is 13.8. The van der Waals surface area contributed by atoms with Gasteiger partial charge in [-0.25, -0.2) is 10.1 Å². The lowest BCUT2D eigenvalue weighted by molar-refractivity contribution is 0.0923. The van der Waals surface area contributed by atoms with E-state index in [0.717, 1.165) is 16.9 Å². The molecule has 0 aliphatic rings. The normalized spacial score (nSPS) is 11.1. The Morgan fingerprint density at radius 3 is 2.71 bits per heavy atom. The fourth-order valence-electron chi connectivity index (χ4n) is 2.56. The van der Waals surface area contributed by atoms with Gasteiger partial charge in [-0.3, -0.25) is 4.79 Å². The summed E-state index contributed by atoms with van der Waals surface area (Å²) in [5, 5.41) is 7.69. The summed E-state index contributed by atoms with van der Waals surface area (Å²) in [4.78, 5) is 12.1. The number of furan rings is 1. The number of nitrogens with one attached hydrogen (secondary N) is 1. The van der Waals surface area contributed by atoms with Gasteiger partial charge in [0.1, 0.15) is 18.1 Å². The summed E-state index contributed by atoms with van der Waals surface area (Å²) in [6.07, 6.45) is 2.18.